The second-order valence-electron chi connectivity index (χ2n) is 6.32. The maximum atomic E-state index is 12.3. The molecule has 1 N–H and O–H groups in total. The van der Waals surface area contributed by atoms with E-state index in [1.807, 2.05) is 6.20 Å². The molecule has 3 aromatic rings. The van der Waals surface area contributed by atoms with Gasteiger partial charge in [0.1, 0.15) is 5.65 Å². The van der Waals surface area contributed by atoms with Crippen molar-refractivity contribution in [3.05, 3.63) is 65.1 Å². The van der Waals surface area contributed by atoms with Gasteiger partial charge in [-0.15, -0.1) is 0 Å². The number of benzene rings is 1. The average Bonchev–Trinajstić information content (AvgIpc) is 3.21. The highest BCUT2D eigenvalue weighted by Crippen LogP contribution is 2.24. The lowest BCUT2D eigenvalue weighted by molar-refractivity contribution is 0.0950. The van der Waals surface area contributed by atoms with Gasteiger partial charge in [0.25, 0.3) is 5.91 Å². The molecule has 0 saturated carbocycles. The van der Waals surface area contributed by atoms with Gasteiger partial charge in [0.2, 0.25) is 10.0 Å². The van der Waals surface area contributed by atoms with Crippen molar-refractivity contribution in [3.63, 3.8) is 0 Å². The lowest BCUT2D eigenvalue weighted by Crippen LogP contribution is -2.25. The molecule has 1 saturated heterocycles. The Labute approximate surface area is 161 Å². The van der Waals surface area contributed by atoms with Crippen molar-refractivity contribution in [2.75, 3.05) is 16.6 Å². The Morgan fingerprint density at radius 2 is 1.93 bits per heavy atom. The summed E-state index contributed by atoms with van der Waals surface area (Å²) in [4.78, 5) is 16.8. The van der Waals surface area contributed by atoms with Crippen LogP contribution in [0, 0.1) is 0 Å². The third-order valence-electron chi connectivity index (χ3n) is 4.41. The number of carbonyl (C=O) groups is 1. The van der Waals surface area contributed by atoms with Crippen LogP contribution >= 0.6 is 11.6 Å². The van der Waals surface area contributed by atoms with E-state index >= 15 is 0 Å². The summed E-state index contributed by atoms with van der Waals surface area (Å²) in [6.07, 6.45) is 4.18. The normalized spacial score (nSPS) is 16.0. The number of carbonyl (C=O) groups excluding carboxylic acids is 1. The van der Waals surface area contributed by atoms with E-state index in [1.54, 1.807) is 47.0 Å². The van der Waals surface area contributed by atoms with Gasteiger partial charge in [-0.3, -0.25) is 9.10 Å². The summed E-state index contributed by atoms with van der Waals surface area (Å²) in [7, 11) is -3.22. The Kier molecular flexibility index (Phi) is 4.53. The highest BCUT2D eigenvalue weighted by atomic mass is 35.5. The van der Waals surface area contributed by atoms with Crippen molar-refractivity contribution in [1.82, 2.24) is 14.7 Å². The van der Waals surface area contributed by atoms with Crippen LogP contribution in [-0.4, -0.2) is 36.0 Å². The molecule has 140 valence electrons. The van der Waals surface area contributed by atoms with Gasteiger partial charge in [-0.1, -0.05) is 11.6 Å². The van der Waals surface area contributed by atoms with Crippen LogP contribution in [0.5, 0.6) is 0 Å². The summed E-state index contributed by atoms with van der Waals surface area (Å²) in [5.41, 5.74) is 2.51. The molecule has 27 heavy (non-hydrogen) atoms. The summed E-state index contributed by atoms with van der Waals surface area (Å²) >= 11 is 5.95. The molecule has 2 aromatic heterocycles. The van der Waals surface area contributed by atoms with Crippen LogP contribution in [0.2, 0.25) is 5.02 Å². The van der Waals surface area contributed by atoms with E-state index in [2.05, 4.69) is 10.3 Å². The minimum atomic E-state index is -3.22. The number of fused-ring (bicyclic) bond motifs is 1. The third-order valence-corrected chi connectivity index (χ3v) is 6.50. The summed E-state index contributed by atoms with van der Waals surface area (Å²) in [6, 6.07) is 10.1. The number of anilines is 1. The molecule has 1 aliphatic heterocycles. The fraction of sp³-hybridized carbons (Fsp3) is 0.222. The second-order valence-corrected chi connectivity index (χ2v) is 8.77. The standard InChI is InChI=1S/C18H17ClN4O3S/c19-14-4-7-17-21-15(12-22(17)11-14)10-20-18(24)13-2-5-16(6-3-13)23-8-1-9-27(23,25)26/h2-7,11-12H,1,8-10H2,(H,20,24). The monoisotopic (exact) mass is 404 g/mol. The maximum absolute atomic E-state index is 12.3. The number of amides is 1. The first-order chi connectivity index (χ1) is 12.9. The molecule has 0 atom stereocenters. The zero-order valence-electron chi connectivity index (χ0n) is 14.3. The highest BCUT2D eigenvalue weighted by Gasteiger charge is 2.28. The molecule has 0 spiro atoms. The number of pyridine rings is 1. The van der Waals surface area contributed by atoms with Crippen LogP contribution < -0.4 is 9.62 Å². The number of nitrogens with zero attached hydrogens (tertiary/aromatic N) is 3. The van der Waals surface area contributed by atoms with Gasteiger partial charge in [-0.2, -0.15) is 0 Å². The van der Waals surface area contributed by atoms with Gasteiger partial charge in [0, 0.05) is 24.5 Å². The molecule has 1 amide bonds. The fourth-order valence-corrected chi connectivity index (χ4v) is 4.82. The Balaban J connectivity index is 1.43. The molecule has 0 aliphatic carbocycles. The van der Waals surface area contributed by atoms with Crippen molar-refractivity contribution in [2.24, 2.45) is 0 Å². The summed E-state index contributed by atoms with van der Waals surface area (Å²) in [5.74, 6) is -0.0830. The van der Waals surface area contributed by atoms with Gasteiger partial charge < -0.3 is 9.72 Å². The Hall–Kier alpha value is -2.58. The predicted molar refractivity (Wildman–Crippen MR) is 104 cm³/mol. The lowest BCUT2D eigenvalue weighted by atomic mass is 10.2. The van der Waals surface area contributed by atoms with Crippen molar-refractivity contribution in [1.29, 1.82) is 0 Å². The summed E-state index contributed by atoms with van der Waals surface area (Å²) in [6.45, 7) is 0.756. The fourth-order valence-electron chi connectivity index (χ4n) is 3.08. The van der Waals surface area contributed by atoms with Crippen LogP contribution in [0.4, 0.5) is 5.69 Å². The molecule has 1 fully saturated rings. The molecule has 1 aromatic carbocycles. The first-order valence-electron chi connectivity index (χ1n) is 8.44. The second kappa shape index (κ2) is 6.86. The number of nitrogens with one attached hydrogen (secondary N) is 1. The maximum Gasteiger partial charge on any atom is 0.251 e. The minimum Gasteiger partial charge on any atom is -0.346 e. The third kappa shape index (κ3) is 3.63. The van der Waals surface area contributed by atoms with E-state index in [9.17, 15) is 13.2 Å². The smallest absolute Gasteiger partial charge is 0.251 e. The molecule has 1 aliphatic rings. The number of imidazole rings is 1. The number of rotatable bonds is 4. The van der Waals surface area contributed by atoms with Crippen LogP contribution in [0.1, 0.15) is 22.5 Å². The Bertz CT molecular complexity index is 1110. The topological polar surface area (TPSA) is 83.8 Å². The van der Waals surface area contributed by atoms with Gasteiger partial charge >= 0.3 is 0 Å². The number of hydrogen-bond acceptors (Lipinski definition) is 4. The van der Waals surface area contributed by atoms with E-state index in [-0.39, 0.29) is 18.2 Å². The van der Waals surface area contributed by atoms with Crippen LogP contribution in [0.25, 0.3) is 5.65 Å². The average molecular weight is 405 g/mol. The van der Waals surface area contributed by atoms with Crippen molar-refractivity contribution in [2.45, 2.75) is 13.0 Å². The van der Waals surface area contributed by atoms with E-state index in [4.69, 9.17) is 11.6 Å². The molecule has 4 rings (SSSR count). The Morgan fingerprint density at radius 3 is 2.63 bits per heavy atom. The predicted octanol–water partition coefficient (Wildman–Crippen LogP) is 2.46. The lowest BCUT2D eigenvalue weighted by Gasteiger charge is -2.17. The summed E-state index contributed by atoms with van der Waals surface area (Å²) in [5, 5.41) is 3.42. The van der Waals surface area contributed by atoms with Gasteiger partial charge in [0.05, 0.1) is 28.7 Å². The van der Waals surface area contributed by atoms with E-state index in [0.717, 1.165) is 5.65 Å². The van der Waals surface area contributed by atoms with Crippen LogP contribution in [0.15, 0.2) is 48.8 Å². The molecule has 9 heteroatoms. The van der Waals surface area contributed by atoms with Gasteiger partial charge in [-0.05, 0) is 42.8 Å². The van der Waals surface area contributed by atoms with E-state index in [1.165, 1.54) is 4.31 Å². The number of sulfonamides is 1. The SMILES string of the molecule is O=C(NCc1cn2cc(Cl)ccc2n1)c1ccc(N2CCCS2(=O)=O)cc1. The van der Waals surface area contributed by atoms with Gasteiger partial charge in [0.15, 0.2) is 0 Å². The first kappa shape index (κ1) is 17.8. The molecule has 0 bridgehead atoms. The van der Waals surface area contributed by atoms with E-state index in [0.29, 0.717) is 34.9 Å². The van der Waals surface area contributed by atoms with E-state index < -0.39 is 10.0 Å². The van der Waals surface area contributed by atoms with Crippen molar-refractivity contribution < 1.29 is 13.2 Å². The quantitative estimate of drug-likeness (QED) is 0.724. The van der Waals surface area contributed by atoms with Crippen molar-refractivity contribution >= 4 is 38.9 Å². The molecular weight excluding hydrogens is 388 g/mol. The minimum absolute atomic E-state index is 0.166. The van der Waals surface area contributed by atoms with Crippen LogP contribution in [-0.2, 0) is 16.6 Å². The molecule has 0 unspecified atom stereocenters. The van der Waals surface area contributed by atoms with Gasteiger partial charge in [-0.25, -0.2) is 13.4 Å². The zero-order chi connectivity index (χ0) is 19.0. The Morgan fingerprint density at radius 1 is 1.15 bits per heavy atom. The number of hydrogen-bond donors (Lipinski definition) is 1. The largest absolute Gasteiger partial charge is 0.346 e. The summed E-state index contributed by atoms with van der Waals surface area (Å²) < 4.78 is 27.1. The highest BCUT2D eigenvalue weighted by molar-refractivity contribution is 7.93. The number of aromatic nitrogens is 2. The van der Waals surface area contributed by atoms with Crippen molar-refractivity contribution in [3.8, 4) is 0 Å². The molecular formula is C18H17ClN4O3S. The zero-order valence-corrected chi connectivity index (χ0v) is 15.9. The molecule has 7 nitrogen and oxygen atoms in total. The van der Waals surface area contributed by atoms with Crippen LogP contribution in [0.3, 0.4) is 0 Å². The number of halogens is 1. The first-order valence-corrected chi connectivity index (χ1v) is 10.4. The molecule has 0 radical (unpaired) electrons. The molecule has 3 heterocycles.